The van der Waals surface area contributed by atoms with E-state index in [0.717, 1.165) is 17.7 Å². The maximum atomic E-state index is 14.2. The predicted octanol–water partition coefficient (Wildman–Crippen LogP) is 2.50. The highest BCUT2D eigenvalue weighted by Crippen LogP contribution is 2.30. The van der Waals surface area contributed by atoms with Crippen LogP contribution in [0.1, 0.15) is 12.5 Å². The largest absolute Gasteiger partial charge is 0.462 e. The van der Waals surface area contributed by atoms with Crippen LogP contribution in [0.25, 0.3) is 11.1 Å². The lowest BCUT2D eigenvalue weighted by atomic mass is 9.92. The van der Waals surface area contributed by atoms with Crippen LogP contribution < -0.4 is 10.1 Å². The van der Waals surface area contributed by atoms with E-state index in [1.165, 1.54) is 5.56 Å². The molecule has 0 bridgehead atoms. The Kier molecular flexibility index (Phi) is 6.44. The third-order valence-corrected chi connectivity index (χ3v) is 4.93. The highest BCUT2D eigenvalue weighted by Gasteiger charge is 2.44. The molecule has 146 valence electrons. The van der Waals surface area contributed by atoms with E-state index in [2.05, 4.69) is 17.4 Å². The predicted molar refractivity (Wildman–Crippen MR) is 101 cm³/mol. The van der Waals surface area contributed by atoms with Crippen molar-refractivity contribution < 1.29 is 24.1 Å². The van der Waals surface area contributed by atoms with Gasteiger partial charge in [-0.2, -0.15) is 0 Å². The van der Waals surface area contributed by atoms with Crippen molar-refractivity contribution in [2.45, 2.75) is 38.1 Å². The van der Waals surface area contributed by atoms with Gasteiger partial charge in [-0.05, 0) is 41.9 Å². The summed E-state index contributed by atoms with van der Waals surface area (Å²) in [6.45, 7) is 2.07. The van der Waals surface area contributed by atoms with Crippen LogP contribution in [0, 0.1) is 5.92 Å². The lowest BCUT2D eigenvalue weighted by molar-refractivity contribution is -0.248. The van der Waals surface area contributed by atoms with Crippen LogP contribution in [0.15, 0.2) is 48.5 Å². The van der Waals surface area contributed by atoms with Crippen LogP contribution in [-0.2, 0) is 11.3 Å². The van der Waals surface area contributed by atoms with Gasteiger partial charge in [0.05, 0.1) is 12.7 Å². The zero-order valence-electron chi connectivity index (χ0n) is 15.5. The molecule has 5 unspecified atom stereocenters. The molecule has 1 saturated heterocycles. The highest BCUT2D eigenvalue weighted by molar-refractivity contribution is 5.64. The minimum Gasteiger partial charge on any atom is -0.462 e. The zero-order chi connectivity index (χ0) is 19.4. The first kappa shape index (κ1) is 19.8. The molecule has 2 aromatic rings. The third kappa shape index (κ3) is 4.47. The fraction of sp³-hybridized carbons (Fsp3) is 0.429. The van der Waals surface area contributed by atoms with E-state index in [1.54, 1.807) is 19.1 Å². The SMILES string of the molecule is CNCc1cccc(-c2ccc(OC3OC(CO)C(C)C(F)C3O)cc2)c1. The summed E-state index contributed by atoms with van der Waals surface area (Å²) < 4.78 is 25.4. The van der Waals surface area contributed by atoms with Gasteiger partial charge in [-0.15, -0.1) is 0 Å². The van der Waals surface area contributed by atoms with Gasteiger partial charge in [0.1, 0.15) is 18.0 Å². The molecule has 0 radical (unpaired) electrons. The molecule has 0 saturated carbocycles. The smallest absolute Gasteiger partial charge is 0.229 e. The molecule has 0 amide bonds. The molecule has 0 aromatic heterocycles. The Morgan fingerprint density at radius 2 is 1.89 bits per heavy atom. The van der Waals surface area contributed by atoms with Gasteiger partial charge in [0.15, 0.2) is 0 Å². The Morgan fingerprint density at radius 3 is 2.56 bits per heavy atom. The van der Waals surface area contributed by atoms with Crippen molar-refractivity contribution in [3.8, 4) is 16.9 Å². The summed E-state index contributed by atoms with van der Waals surface area (Å²) in [6.07, 6.45) is -4.78. The second kappa shape index (κ2) is 8.80. The maximum Gasteiger partial charge on any atom is 0.229 e. The number of halogens is 1. The first-order valence-electron chi connectivity index (χ1n) is 9.12. The summed E-state index contributed by atoms with van der Waals surface area (Å²) in [6, 6.07) is 15.5. The molecule has 5 atom stereocenters. The van der Waals surface area contributed by atoms with E-state index in [9.17, 15) is 14.6 Å². The topological polar surface area (TPSA) is 71.0 Å². The molecule has 1 aliphatic heterocycles. The van der Waals surface area contributed by atoms with E-state index in [-0.39, 0.29) is 6.61 Å². The van der Waals surface area contributed by atoms with Gasteiger partial charge in [0.25, 0.3) is 0 Å². The average molecular weight is 375 g/mol. The number of alkyl halides is 1. The number of aliphatic hydroxyl groups is 2. The first-order valence-corrected chi connectivity index (χ1v) is 9.12. The molecule has 2 aromatic carbocycles. The van der Waals surface area contributed by atoms with E-state index in [1.807, 2.05) is 31.3 Å². The Hall–Kier alpha value is -1.99. The summed E-state index contributed by atoms with van der Waals surface area (Å²) in [5, 5.41) is 22.6. The number of rotatable bonds is 6. The standard InChI is InChI=1S/C21H26FNO4/c1-13-18(12-24)27-21(20(25)19(13)22)26-17-8-6-15(7-9-17)16-5-3-4-14(10-16)11-23-2/h3-10,13,18-21,23-25H,11-12H2,1-2H3. The zero-order valence-corrected chi connectivity index (χ0v) is 15.5. The van der Waals surface area contributed by atoms with Crippen molar-refractivity contribution in [1.82, 2.24) is 5.32 Å². The van der Waals surface area contributed by atoms with Crippen molar-refractivity contribution in [3.05, 3.63) is 54.1 Å². The van der Waals surface area contributed by atoms with E-state index >= 15 is 0 Å². The van der Waals surface area contributed by atoms with E-state index in [0.29, 0.717) is 5.75 Å². The molecule has 0 aliphatic carbocycles. The van der Waals surface area contributed by atoms with Crippen LogP contribution in [0.5, 0.6) is 5.75 Å². The summed E-state index contributed by atoms with van der Waals surface area (Å²) in [5.41, 5.74) is 3.30. The lowest BCUT2D eigenvalue weighted by Crippen LogP contribution is -2.54. The van der Waals surface area contributed by atoms with Gasteiger partial charge < -0.3 is 25.0 Å². The molecule has 5 nitrogen and oxygen atoms in total. The molecular formula is C21H26FNO4. The lowest BCUT2D eigenvalue weighted by Gasteiger charge is -2.39. The van der Waals surface area contributed by atoms with E-state index in [4.69, 9.17) is 9.47 Å². The fourth-order valence-corrected chi connectivity index (χ4v) is 3.27. The van der Waals surface area contributed by atoms with Gasteiger partial charge in [-0.3, -0.25) is 0 Å². The maximum absolute atomic E-state index is 14.2. The molecule has 0 spiro atoms. The monoisotopic (exact) mass is 375 g/mol. The van der Waals surface area contributed by atoms with Crippen LogP contribution in [-0.4, -0.2) is 48.5 Å². The van der Waals surface area contributed by atoms with Gasteiger partial charge in [-0.25, -0.2) is 4.39 Å². The number of nitrogens with one attached hydrogen (secondary N) is 1. The van der Waals surface area contributed by atoms with Gasteiger partial charge in [-0.1, -0.05) is 37.3 Å². The number of hydrogen-bond donors (Lipinski definition) is 3. The first-order chi connectivity index (χ1) is 13.0. The van der Waals surface area contributed by atoms with Crippen molar-refractivity contribution >= 4 is 0 Å². The van der Waals surface area contributed by atoms with E-state index < -0.39 is 30.6 Å². The molecule has 3 rings (SSSR count). The van der Waals surface area contributed by atoms with Gasteiger partial charge in [0.2, 0.25) is 6.29 Å². The molecule has 1 aliphatic rings. The summed E-state index contributed by atoms with van der Waals surface area (Å²) >= 11 is 0. The highest BCUT2D eigenvalue weighted by atomic mass is 19.1. The van der Waals surface area contributed by atoms with Crippen molar-refractivity contribution in [1.29, 1.82) is 0 Å². The Bertz CT molecular complexity index is 737. The summed E-state index contributed by atoms with van der Waals surface area (Å²) in [4.78, 5) is 0. The molecule has 6 heteroatoms. The average Bonchev–Trinajstić information content (AvgIpc) is 2.69. The van der Waals surface area contributed by atoms with Crippen molar-refractivity contribution in [3.63, 3.8) is 0 Å². The Morgan fingerprint density at radius 1 is 1.15 bits per heavy atom. The van der Waals surface area contributed by atoms with Crippen LogP contribution in [0.4, 0.5) is 4.39 Å². The second-order valence-electron chi connectivity index (χ2n) is 6.89. The third-order valence-electron chi connectivity index (χ3n) is 4.93. The number of hydrogen-bond acceptors (Lipinski definition) is 5. The number of ether oxygens (including phenoxy) is 2. The number of aliphatic hydroxyl groups excluding tert-OH is 2. The van der Waals surface area contributed by atoms with Gasteiger partial charge >= 0.3 is 0 Å². The van der Waals surface area contributed by atoms with Crippen molar-refractivity contribution in [2.24, 2.45) is 5.92 Å². The van der Waals surface area contributed by atoms with Crippen LogP contribution in [0.2, 0.25) is 0 Å². The minimum absolute atomic E-state index is 0.323. The molecular weight excluding hydrogens is 349 g/mol. The molecule has 3 N–H and O–H groups in total. The normalized spacial score (nSPS) is 28.1. The Labute approximate surface area is 158 Å². The minimum atomic E-state index is -1.52. The van der Waals surface area contributed by atoms with Crippen LogP contribution in [0.3, 0.4) is 0 Å². The molecule has 1 heterocycles. The Balaban J connectivity index is 1.71. The summed E-state index contributed by atoms with van der Waals surface area (Å²) in [5.74, 6) is -0.135. The van der Waals surface area contributed by atoms with Crippen LogP contribution >= 0.6 is 0 Å². The van der Waals surface area contributed by atoms with Crippen molar-refractivity contribution in [2.75, 3.05) is 13.7 Å². The summed E-state index contributed by atoms with van der Waals surface area (Å²) in [7, 11) is 1.91. The second-order valence-corrected chi connectivity index (χ2v) is 6.89. The van der Waals surface area contributed by atoms with Gasteiger partial charge in [0, 0.05) is 12.5 Å². The fourth-order valence-electron chi connectivity index (χ4n) is 3.27. The number of benzene rings is 2. The quantitative estimate of drug-likeness (QED) is 0.724. The molecule has 1 fully saturated rings. The molecule has 27 heavy (non-hydrogen) atoms.